The van der Waals surface area contributed by atoms with Gasteiger partial charge in [-0.25, -0.2) is 12.8 Å². The van der Waals surface area contributed by atoms with Crippen LogP contribution in [0, 0.1) is 5.82 Å². The minimum absolute atomic E-state index is 0.108. The second-order valence-corrected chi connectivity index (χ2v) is 8.06. The van der Waals surface area contributed by atoms with E-state index in [1.807, 2.05) is 0 Å². The Kier molecular flexibility index (Phi) is 4.60. The van der Waals surface area contributed by atoms with Crippen molar-refractivity contribution < 1.29 is 27.1 Å². The number of halogens is 1. The molecule has 9 heteroatoms. The predicted molar refractivity (Wildman–Crippen MR) is 84.7 cm³/mol. The number of carbonyl (C=O) groups is 1. The number of carbonyl (C=O) groups excluding carboxylic acids is 1. The number of ether oxygens (including phenoxy) is 2. The Labute approximate surface area is 140 Å². The summed E-state index contributed by atoms with van der Waals surface area (Å²) in [4.78, 5) is 13.7. The first-order valence-corrected chi connectivity index (χ1v) is 9.37. The van der Waals surface area contributed by atoms with Crippen LogP contribution in [0.15, 0.2) is 24.3 Å². The summed E-state index contributed by atoms with van der Waals surface area (Å²) in [6.07, 6.45) is 1.14. The van der Waals surface area contributed by atoms with E-state index < -0.39 is 21.4 Å². The van der Waals surface area contributed by atoms with E-state index in [9.17, 15) is 17.6 Å². The molecule has 2 fully saturated rings. The number of anilines is 1. The van der Waals surface area contributed by atoms with Crippen LogP contribution in [0.5, 0.6) is 0 Å². The molecular formula is C15H19FN2O5S. The third-order valence-corrected chi connectivity index (χ3v) is 5.42. The number of nitrogens with zero attached hydrogens (tertiary/aromatic N) is 2. The minimum atomic E-state index is -3.41. The van der Waals surface area contributed by atoms with E-state index in [0.717, 1.165) is 6.26 Å². The van der Waals surface area contributed by atoms with E-state index in [-0.39, 0.29) is 45.4 Å². The van der Waals surface area contributed by atoms with Crippen molar-refractivity contribution >= 4 is 21.6 Å². The van der Waals surface area contributed by atoms with Crippen molar-refractivity contribution in [1.29, 1.82) is 0 Å². The first kappa shape index (κ1) is 17.3. The number of rotatable bonds is 2. The van der Waals surface area contributed by atoms with Gasteiger partial charge in [0.15, 0.2) is 0 Å². The van der Waals surface area contributed by atoms with Crippen molar-refractivity contribution in [3.63, 3.8) is 0 Å². The van der Waals surface area contributed by atoms with Crippen molar-refractivity contribution in [2.45, 2.75) is 5.60 Å². The summed E-state index contributed by atoms with van der Waals surface area (Å²) in [5.74, 6) is -0.655. The molecule has 0 bridgehead atoms. The van der Waals surface area contributed by atoms with Crippen LogP contribution >= 0.6 is 0 Å². The molecule has 1 amide bonds. The molecule has 2 aliphatic heterocycles. The lowest BCUT2D eigenvalue weighted by molar-refractivity contribution is -0.145. The van der Waals surface area contributed by atoms with Gasteiger partial charge >= 0.3 is 0 Å². The lowest BCUT2D eigenvalue weighted by Gasteiger charge is -2.42. The molecule has 1 unspecified atom stereocenters. The van der Waals surface area contributed by atoms with Gasteiger partial charge in [0.05, 0.1) is 26.0 Å². The van der Waals surface area contributed by atoms with E-state index in [0.29, 0.717) is 5.69 Å². The zero-order valence-electron chi connectivity index (χ0n) is 13.3. The first-order chi connectivity index (χ1) is 11.3. The van der Waals surface area contributed by atoms with Gasteiger partial charge in [-0.2, -0.15) is 4.31 Å². The van der Waals surface area contributed by atoms with Crippen molar-refractivity contribution in [2.24, 2.45) is 0 Å². The van der Waals surface area contributed by atoms with Crippen molar-refractivity contribution in [1.82, 2.24) is 4.31 Å². The molecule has 1 aromatic carbocycles. The van der Waals surface area contributed by atoms with Crippen LogP contribution in [0.3, 0.4) is 0 Å². The Morgan fingerprint density at radius 1 is 1.21 bits per heavy atom. The van der Waals surface area contributed by atoms with Crippen LogP contribution in [0.4, 0.5) is 10.1 Å². The Morgan fingerprint density at radius 3 is 2.58 bits per heavy atom. The highest BCUT2D eigenvalue weighted by atomic mass is 32.2. The molecule has 3 rings (SSSR count). The summed E-state index contributed by atoms with van der Waals surface area (Å²) >= 11 is 0. The molecule has 24 heavy (non-hydrogen) atoms. The predicted octanol–water partition coefficient (Wildman–Crippen LogP) is 0.220. The zero-order valence-corrected chi connectivity index (χ0v) is 14.1. The maximum Gasteiger partial charge on any atom is 0.253 e. The Bertz CT molecular complexity index is 724. The number of hydrogen-bond acceptors (Lipinski definition) is 5. The summed E-state index contributed by atoms with van der Waals surface area (Å²) in [6, 6.07) is 5.57. The number of amides is 1. The normalized spacial score (nSPS) is 26.6. The largest absolute Gasteiger partial charge is 0.377 e. The summed E-state index contributed by atoms with van der Waals surface area (Å²) in [5, 5.41) is 0. The Hall–Kier alpha value is -1.55. The van der Waals surface area contributed by atoms with Crippen LogP contribution in [-0.4, -0.2) is 69.9 Å². The molecule has 0 saturated carbocycles. The third kappa shape index (κ3) is 3.59. The van der Waals surface area contributed by atoms with E-state index in [1.165, 1.54) is 33.5 Å². The van der Waals surface area contributed by atoms with Gasteiger partial charge in [0.2, 0.25) is 10.0 Å². The van der Waals surface area contributed by atoms with E-state index in [2.05, 4.69) is 0 Å². The van der Waals surface area contributed by atoms with Gasteiger partial charge < -0.3 is 14.4 Å². The lowest BCUT2D eigenvalue weighted by atomic mass is 10.0. The van der Waals surface area contributed by atoms with Gasteiger partial charge in [-0.1, -0.05) is 0 Å². The molecule has 0 radical (unpaired) electrons. The molecule has 7 nitrogen and oxygen atoms in total. The fourth-order valence-corrected chi connectivity index (χ4v) is 3.78. The monoisotopic (exact) mass is 358 g/mol. The van der Waals surface area contributed by atoms with Gasteiger partial charge in [-0.3, -0.25) is 4.79 Å². The summed E-state index contributed by atoms with van der Waals surface area (Å²) in [7, 11) is -3.41. The van der Waals surface area contributed by atoms with Crippen molar-refractivity contribution in [3.8, 4) is 0 Å². The van der Waals surface area contributed by atoms with E-state index >= 15 is 0 Å². The smallest absolute Gasteiger partial charge is 0.253 e. The topological polar surface area (TPSA) is 76.2 Å². The second kappa shape index (κ2) is 6.40. The number of morpholine rings is 1. The SMILES string of the molecule is CS(=O)(=O)N1CCOCC2(CN(c3ccc(F)cc3)C(=O)CO2)C1. The Morgan fingerprint density at radius 2 is 1.92 bits per heavy atom. The molecule has 0 N–H and O–H groups in total. The van der Waals surface area contributed by atoms with E-state index in [1.54, 1.807) is 0 Å². The molecule has 2 saturated heterocycles. The van der Waals surface area contributed by atoms with Gasteiger partial charge in [0.1, 0.15) is 18.0 Å². The summed E-state index contributed by atoms with van der Waals surface area (Å²) in [6.45, 7) is 0.764. The number of benzene rings is 1. The molecular weight excluding hydrogens is 339 g/mol. The molecule has 132 valence electrons. The number of hydrogen-bond donors (Lipinski definition) is 0. The lowest BCUT2D eigenvalue weighted by Crippen LogP contribution is -2.61. The van der Waals surface area contributed by atoms with Gasteiger partial charge in [-0.05, 0) is 24.3 Å². The minimum Gasteiger partial charge on any atom is -0.377 e. The Balaban J connectivity index is 1.87. The van der Waals surface area contributed by atoms with Crippen LogP contribution in [-0.2, 0) is 24.3 Å². The first-order valence-electron chi connectivity index (χ1n) is 7.52. The molecule has 1 aromatic rings. The summed E-state index contributed by atoms with van der Waals surface area (Å²) in [5.41, 5.74) is -0.402. The van der Waals surface area contributed by atoms with Crippen LogP contribution in [0.2, 0.25) is 0 Å². The van der Waals surface area contributed by atoms with Gasteiger partial charge in [0.25, 0.3) is 5.91 Å². The fourth-order valence-electron chi connectivity index (χ4n) is 2.91. The molecule has 0 aliphatic carbocycles. The fraction of sp³-hybridized carbons (Fsp3) is 0.533. The van der Waals surface area contributed by atoms with Crippen LogP contribution < -0.4 is 4.90 Å². The maximum atomic E-state index is 13.1. The van der Waals surface area contributed by atoms with Gasteiger partial charge in [-0.15, -0.1) is 0 Å². The average Bonchev–Trinajstić information content (AvgIpc) is 2.74. The van der Waals surface area contributed by atoms with Crippen molar-refractivity contribution in [3.05, 3.63) is 30.1 Å². The highest BCUT2D eigenvalue weighted by Crippen LogP contribution is 2.28. The second-order valence-electron chi connectivity index (χ2n) is 6.08. The van der Waals surface area contributed by atoms with Crippen LogP contribution in [0.25, 0.3) is 0 Å². The zero-order chi connectivity index (χ0) is 17.4. The number of sulfonamides is 1. The molecule has 1 atom stereocenters. The van der Waals surface area contributed by atoms with Crippen LogP contribution in [0.1, 0.15) is 0 Å². The standard InChI is InChI=1S/C15H19FN2O5S/c1-24(20,21)17-6-7-22-11-15(9-17)10-18(14(19)8-23-15)13-4-2-12(16)3-5-13/h2-5H,6-11H2,1H3. The highest BCUT2D eigenvalue weighted by molar-refractivity contribution is 7.88. The summed E-state index contributed by atoms with van der Waals surface area (Å²) < 4.78 is 49.5. The third-order valence-electron chi connectivity index (χ3n) is 4.17. The quantitative estimate of drug-likeness (QED) is 0.756. The molecule has 2 aliphatic rings. The average molecular weight is 358 g/mol. The van der Waals surface area contributed by atoms with E-state index in [4.69, 9.17) is 9.47 Å². The van der Waals surface area contributed by atoms with Crippen molar-refractivity contribution in [2.75, 3.05) is 50.6 Å². The molecule has 2 heterocycles. The molecule has 1 spiro atoms. The molecule has 0 aromatic heterocycles. The van der Waals surface area contributed by atoms with Gasteiger partial charge in [0, 0.05) is 18.8 Å². The highest BCUT2D eigenvalue weighted by Gasteiger charge is 2.44. The maximum absolute atomic E-state index is 13.1.